The van der Waals surface area contributed by atoms with E-state index in [1.807, 2.05) is 13.0 Å². The third kappa shape index (κ3) is 3.72. The number of nitrogens with one attached hydrogen (secondary N) is 1. The Kier molecular flexibility index (Phi) is 5.14. The number of hydrogen-bond donors (Lipinski definition) is 2. The van der Waals surface area contributed by atoms with E-state index in [4.69, 9.17) is 0 Å². The van der Waals surface area contributed by atoms with Crippen molar-refractivity contribution in [3.8, 4) is 5.75 Å². The summed E-state index contributed by atoms with van der Waals surface area (Å²) in [5, 5.41) is 14.0. The Hall–Kier alpha value is -2.10. The quantitative estimate of drug-likeness (QED) is 0.797. The van der Waals surface area contributed by atoms with Gasteiger partial charge in [0.1, 0.15) is 5.52 Å². The minimum Gasteiger partial charge on any atom is -0.505 e. The van der Waals surface area contributed by atoms with Gasteiger partial charge in [-0.2, -0.15) is 0 Å². The Morgan fingerprint density at radius 2 is 2.14 bits per heavy atom. The second-order valence-electron chi connectivity index (χ2n) is 5.41. The van der Waals surface area contributed by atoms with E-state index in [2.05, 4.69) is 17.2 Å². The molecule has 1 atom stereocenters. The Balaban J connectivity index is 2.10. The SMILES string of the molecule is CCCCCC(C)NC(=O)c1ccc2cccnc2c1O. The monoisotopic (exact) mass is 286 g/mol. The molecule has 1 aromatic heterocycles. The van der Waals surface area contributed by atoms with Crippen LogP contribution in [0.1, 0.15) is 49.9 Å². The van der Waals surface area contributed by atoms with Crippen LogP contribution in [0.4, 0.5) is 0 Å². The number of hydrogen-bond acceptors (Lipinski definition) is 3. The normalized spacial score (nSPS) is 12.3. The van der Waals surface area contributed by atoms with Crippen LogP contribution in [0.25, 0.3) is 10.9 Å². The molecule has 1 aromatic carbocycles. The summed E-state index contributed by atoms with van der Waals surface area (Å²) in [7, 11) is 0. The summed E-state index contributed by atoms with van der Waals surface area (Å²) in [4.78, 5) is 16.4. The largest absolute Gasteiger partial charge is 0.505 e. The predicted octanol–water partition coefficient (Wildman–Crippen LogP) is 3.64. The molecular weight excluding hydrogens is 264 g/mol. The zero-order valence-electron chi connectivity index (χ0n) is 12.6. The number of carbonyl (C=O) groups is 1. The summed E-state index contributed by atoms with van der Waals surface area (Å²) in [6, 6.07) is 7.21. The van der Waals surface area contributed by atoms with E-state index in [1.165, 1.54) is 6.42 Å². The average molecular weight is 286 g/mol. The predicted molar refractivity (Wildman–Crippen MR) is 84.5 cm³/mol. The summed E-state index contributed by atoms with van der Waals surface area (Å²) in [5.74, 6) is -0.296. The number of nitrogens with zero attached hydrogens (tertiary/aromatic N) is 1. The van der Waals surface area contributed by atoms with Gasteiger partial charge in [-0.25, -0.2) is 0 Å². The van der Waals surface area contributed by atoms with Gasteiger partial charge in [0.05, 0.1) is 5.56 Å². The molecule has 1 heterocycles. The number of phenolic OH excluding ortho intramolecular Hbond substituents is 1. The van der Waals surface area contributed by atoms with Crippen LogP contribution in [0.2, 0.25) is 0 Å². The number of unbranched alkanes of at least 4 members (excludes halogenated alkanes) is 2. The third-order valence-corrected chi connectivity index (χ3v) is 3.61. The summed E-state index contributed by atoms with van der Waals surface area (Å²) in [6.45, 7) is 4.15. The van der Waals surface area contributed by atoms with Crippen LogP contribution < -0.4 is 5.32 Å². The highest BCUT2D eigenvalue weighted by Gasteiger charge is 2.16. The third-order valence-electron chi connectivity index (χ3n) is 3.61. The van der Waals surface area contributed by atoms with E-state index in [0.29, 0.717) is 5.52 Å². The van der Waals surface area contributed by atoms with Crippen LogP contribution >= 0.6 is 0 Å². The van der Waals surface area contributed by atoms with Gasteiger partial charge >= 0.3 is 0 Å². The lowest BCUT2D eigenvalue weighted by molar-refractivity contribution is 0.0935. The van der Waals surface area contributed by atoms with E-state index >= 15 is 0 Å². The average Bonchev–Trinajstić information content (AvgIpc) is 2.48. The Labute approximate surface area is 125 Å². The lowest BCUT2D eigenvalue weighted by Crippen LogP contribution is -2.32. The molecule has 1 amide bonds. The van der Waals surface area contributed by atoms with Gasteiger partial charge in [0, 0.05) is 17.6 Å². The van der Waals surface area contributed by atoms with E-state index in [-0.39, 0.29) is 23.3 Å². The zero-order valence-corrected chi connectivity index (χ0v) is 12.6. The molecule has 0 radical (unpaired) electrons. The number of amides is 1. The molecule has 0 saturated heterocycles. The van der Waals surface area contributed by atoms with Crippen molar-refractivity contribution in [1.82, 2.24) is 10.3 Å². The summed E-state index contributed by atoms with van der Waals surface area (Å²) in [6.07, 6.45) is 6.00. The number of phenols is 1. The maximum absolute atomic E-state index is 12.3. The molecule has 0 spiro atoms. The van der Waals surface area contributed by atoms with Gasteiger partial charge in [-0.15, -0.1) is 0 Å². The molecule has 1 unspecified atom stereocenters. The van der Waals surface area contributed by atoms with Gasteiger partial charge in [-0.05, 0) is 25.5 Å². The summed E-state index contributed by atoms with van der Waals surface area (Å²) < 4.78 is 0. The number of rotatable bonds is 6. The first-order chi connectivity index (χ1) is 10.1. The van der Waals surface area contributed by atoms with Crippen LogP contribution in [0.3, 0.4) is 0 Å². The second-order valence-corrected chi connectivity index (χ2v) is 5.41. The number of fused-ring (bicyclic) bond motifs is 1. The van der Waals surface area contributed by atoms with Crippen LogP contribution in [0.15, 0.2) is 30.5 Å². The van der Waals surface area contributed by atoms with Gasteiger partial charge in [0.15, 0.2) is 5.75 Å². The molecule has 2 N–H and O–H groups in total. The van der Waals surface area contributed by atoms with E-state index < -0.39 is 0 Å². The lowest BCUT2D eigenvalue weighted by Gasteiger charge is -2.14. The van der Waals surface area contributed by atoms with Gasteiger partial charge in [-0.3, -0.25) is 9.78 Å². The van der Waals surface area contributed by atoms with Crippen molar-refractivity contribution in [3.63, 3.8) is 0 Å². The topological polar surface area (TPSA) is 62.2 Å². The summed E-state index contributed by atoms with van der Waals surface area (Å²) >= 11 is 0. The Bertz CT molecular complexity index is 625. The Morgan fingerprint density at radius 1 is 1.33 bits per heavy atom. The van der Waals surface area contributed by atoms with Crippen molar-refractivity contribution in [1.29, 1.82) is 0 Å². The first-order valence-electron chi connectivity index (χ1n) is 7.51. The highest BCUT2D eigenvalue weighted by Crippen LogP contribution is 2.26. The van der Waals surface area contributed by atoms with Crippen LogP contribution in [-0.4, -0.2) is 22.0 Å². The van der Waals surface area contributed by atoms with Crippen LogP contribution in [0.5, 0.6) is 5.75 Å². The van der Waals surface area contributed by atoms with E-state index in [1.54, 1.807) is 24.4 Å². The molecule has 0 bridgehead atoms. The molecule has 0 aliphatic carbocycles. The van der Waals surface area contributed by atoms with Crippen molar-refractivity contribution in [2.24, 2.45) is 0 Å². The zero-order chi connectivity index (χ0) is 15.2. The second kappa shape index (κ2) is 7.07. The fourth-order valence-corrected chi connectivity index (χ4v) is 2.39. The smallest absolute Gasteiger partial charge is 0.255 e. The Morgan fingerprint density at radius 3 is 2.90 bits per heavy atom. The molecule has 0 aliphatic rings. The van der Waals surface area contributed by atoms with Crippen molar-refractivity contribution in [2.75, 3.05) is 0 Å². The lowest BCUT2D eigenvalue weighted by atomic mass is 10.1. The maximum atomic E-state index is 12.3. The van der Waals surface area contributed by atoms with Gasteiger partial charge in [0.2, 0.25) is 0 Å². The molecule has 21 heavy (non-hydrogen) atoms. The fourth-order valence-electron chi connectivity index (χ4n) is 2.39. The van der Waals surface area contributed by atoms with Gasteiger partial charge in [-0.1, -0.05) is 38.3 Å². The first-order valence-corrected chi connectivity index (χ1v) is 7.51. The molecule has 4 heteroatoms. The number of benzene rings is 1. The standard InChI is InChI=1S/C17H22N2O2/c1-3-4-5-7-12(2)19-17(21)14-10-9-13-8-6-11-18-15(13)16(14)20/h6,8-12,20H,3-5,7H2,1-2H3,(H,19,21). The minimum absolute atomic E-state index is 0.0497. The van der Waals surface area contributed by atoms with Gasteiger partial charge < -0.3 is 10.4 Å². The maximum Gasteiger partial charge on any atom is 0.255 e. The molecule has 0 saturated carbocycles. The molecule has 2 rings (SSSR count). The fraction of sp³-hybridized carbons (Fsp3) is 0.412. The molecule has 4 nitrogen and oxygen atoms in total. The van der Waals surface area contributed by atoms with Crippen molar-refractivity contribution < 1.29 is 9.90 Å². The first kappa shape index (κ1) is 15.3. The number of aromatic hydroxyl groups is 1. The molecule has 2 aromatic rings. The highest BCUT2D eigenvalue weighted by atomic mass is 16.3. The highest BCUT2D eigenvalue weighted by molar-refractivity contribution is 6.02. The minimum atomic E-state index is -0.246. The van der Waals surface area contributed by atoms with Crippen LogP contribution in [-0.2, 0) is 0 Å². The molecule has 0 aliphatic heterocycles. The van der Waals surface area contributed by atoms with E-state index in [9.17, 15) is 9.90 Å². The van der Waals surface area contributed by atoms with Crippen molar-refractivity contribution in [3.05, 3.63) is 36.0 Å². The van der Waals surface area contributed by atoms with Crippen LogP contribution in [0, 0.1) is 0 Å². The van der Waals surface area contributed by atoms with Gasteiger partial charge in [0.25, 0.3) is 5.91 Å². The van der Waals surface area contributed by atoms with Crippen molar-refractivity contribution in [2.45, 2.75) is 45.6 Å². The number of carbonyl (C=O) groups excluding carboxylic acids is 1. The van der Waals surface area contributed by atoms with E-state index in [0.717, 1.165) is 24.6 Å². The number of pyridine rings is 1. The molecule has 0 fully saturated rings. The van der Waals surface area contributed by atoms with Crippen molar-refractivity contribution >= 4 is 16.8 Å². The molecular formula is C17H22N2O2. The molecule has 112 valence electrons. The summed E-state index contributed by atoms with van der Waals surface area (Å²) in [5.41, 5.74) is 0.743. The number of aromatic nitrogens is 1.